The first-order valence-electron chi connectivity index (χ1n) is 11.2. The van der Waals surface area contributed by atoms with Gasteiger partial charge in [-0.2, -0.15) is 0 Å². The Bertz CT molecular complexity index is 1060. The molecule has 1 aliphatic rings. The Labute approximate surface area is 203 Å². The van der Waals surface area contributed by atoms with E-state index in [1.165, 1.54) is 11.3 Å². The van der Waals surface area contributed by atoms with Gasteiger partial charge in [0, 0.05) is 4.88 Å². The molecule has 1 aromatic carbocycles. The monoisotopic (exact) mass is 488 g/mol. The molecule has 0 bridgehead atoms. The number of primary amides is 1. The highest BCUT2D eigenvalue weighted by Crippen LogP contribution is 2.36. The summed E-state index contributed by atoms with van der Waals surface area (Å²) in [6.07, 6.45) is 1.04. The van der Waals surface area contributed by atoms with Gasteiger partial charge in [-0.25, -0.2) is 4.79 Å². The van der Waals surface area contributed by atoms with E-state index in [0.29, 0.717) is 23.7 Å². The van der Waals surface area contributed by atoms with Crippen LogP contribution in [-0.4, -0.2) is 54.3 Å². The van der Waals surface area contributed by atoms with E-state index in [2.05, 4.69) is 10.6 Å². The van der Waals surface area contributed by atoms with E-state index in [0.717, 1.165) is 23.3 Å². The summed E-state index contributed by atoms with van der Waals surface area (Å²) in [5.41, 5.74) is 5.88. The fourth-order valence-corrected chi connectivity index (χ4v) is 5.49. The molecule has 1 fully saturated rings. The van der Waals surface area contributed by atoms with Crippen LogP contribution in [0, 0.1) is 0 Å². The molecule has 9 nitrogen and oxygen atoms in total. The molecule has 1 unspecified atom stereocenters. The maximum atomic E-state index is 13.3. The van der Waals surface area contributed by atoms with Gasteiger partial charge >= 0.3 is 6.03 Å². The van der Waals surface area contributed by atoms with Crippen LogP contribution in [0.25, 0.3) is 10.4 Å². The van der Waals surface area contributed by atoms with Crippen molar-refractivity contribution in [3.05, 3.63) is 35.9 Å². The van der Waals surface area contributed by atoms with Gasteiger partial charge in [0.25, 0.3) is 12.0 Å². The number of benzene rings is 1. The number of carboxylic acid groups (broad SMARTS) is 1. The molecule has 0 radical (unpaired) electrons. The zero-order valence-corrected chi connectivity index (χ0v) is 20.8. The van der Waals surface area contributed by atoms with Crippen LogP contribution in [0.3, 0.4) is 0 Å². The predicted octanol–water partition coefficient (Wildman–Crippen LogP) is 3.16. The first-order valence-corrected chi connectivity index (χ1v) is 12.0. The number of methoxy groups -OCH3 is 1. The van der Waals surface area contributed by atoms with Crippen molar-refractivity contribution in [2.24, 2.45) is 5.73 Å². The molecule has 34 heavy (non-hydrogen) atoms. The van der Waals surface area contributed by atoms with E-state index in [4.69, 9.17) is 10.5 Å². The predicted molar refractivity (Wildman–Crippen MR) is 130 cm³/mol. The third-order valence-electron chi connectivity index (χ3n) is 6.43. The minimum Gasteiger partial charge on any atom is -0.498 e. The molecular weight excluding hydrogens is 456 g/mol. The molecule has 2 heterocycles. The van der Waals surface area contributed by atoms with Crippen LogP contribution in [-0.2, 0) is 0 Å². The lowest BCUT2D eigenvalue weighted by Gasteiger charge is -2.48. The largest absolute Gasteiger partial charge is 0.498 e. The Morgan fingerprint density at radius 1 is 1.18 bits per heavy atom. The van der Waals surface area contributed by atoms with Crippen molar-refractivity contribution >= 4 is 34.4 Å². The van der Waals surface area contributed by atoms with E-state index >= 15 is 0 Å². The topological polar surface area (TPSA) is 134 Å². The fraction of sp³-hybridized carbons (Fsp3) is 0.458. The fourth-order valence-electron chi connectivity index (χ4n) is 4.42. The average Bonchev–Trinajstić information content (AvgIpc) is 3.04. The summed E-state index contributed by atoms with van der Waals surface area (Å²) in [6, 6.07) is 7.91. The summed E-state index contributed by atoms with van der Waals surface area (Å²) in [5, 5.41) is 18.1. The number of quaternary nitrogens is 1. The Balaban J connectivity index is 1.89. The molecule has 0 saturated carbocycles. The average molecular weight is 489 g/mol. The van der Waals surface area contributed by atoms with E-state index in [-0.39, 0.29) is 22.6 Å². The van der Waals surface area contributed by atoms with Crippen molar-refractivity contribution in [1.29, 1.82) is 0 Å². The molecule has 4 N–H and O–H groups in total. The van der Waals surface area contributed by atoms with Crippen molar-refractivity contribution in [3.63, 3.8) is 0 Å². The molecule has 1 aliphatic heterocycles. The molecule has 4 amide bonds. The number of rotatable bonds is 5. The number of nitrogens with zero attached hydrogens (tertiary/aromatic N) is 1. The Hall–Kier alpha value is -3.11. The third-order valence-corrected chi connectivity index (χ3v) is 7.53. The molecule has 2 atom stereocenters. The van der Waals surface area contributed by atoms with Crippen LogP contribution in [0.1, 0.15) is 50.4 Å². The maximum absolute atomic E-state index is 13.3. The zero-order chi connectivity index (χ0) is 25.1. The second kappa shape index (κ2) is 10.0. The highest BCUT2D eigenvalue weighted by atomic mass is 32.1. The van der Waals surface area contributed by atoms with E-state index < -0.39 is 23.6 Å². The maximum Gasteiger partial charge on any atom is 0.317 e. The van der Waals surface area contributed by atoms with Gasteiger partial charge in [0.15, 0.2) is 0 Å². The van der Waals surface area contributed by atoms with Crippen molar-refractivity contribution in [2.45, 2.75) is 51.6 Å². The number of nitrogens with one attached hydrogen (secondary N) is 2. The second-order valence-corrected chi connectivity index (χ2v) is 10.6. The van der Waals surface area contributed by atoms with Crippen LogP contribution >= 0.6 is 11.3 Å². The minimum absolute atomic E-state index is 0.228. The normalized spacial score (nSPS) is 20.8. The van der Waals surface area contributed by atoms with Crippen molar-refractivity contribution in [1.82, 2.24) is 5.32 Å². The first-order chi connectivity index (χ1) is 16.0. The molecule has 2 aromatic rings. The Morgan fingerprint density at radius 3 is 2.41 bits per heavy atom. The number of thiophene rings is 1. The summed E-state index contributed by atoms with van der Waals surface area (Å²) in [5.74, 6) is 0.313. The highest BCUT2D eigenvalue weighted by Gasteiger charge is 2.45. The van der Waals surface area contributed by atoms with E-state index in [1.807, 2.05) is 45.0 Å². The number of carbonyl (C=O) groups is 3. The van der Waals surface area contributed by atoms with E-state index in [1.54, 1.807) is 13.2 Å². The van der Waals surface area contributed by atoms with Crippen LogP contribution in [0.15, 0.2) is 30.3 Å². The van der Waals surface area contributed by atoms with Gasteiger partial charge in [-0.1, -0.05) is 0 Å². The Kier molecular flexibility index (Phi) is 7.52. The molecule has 0 spiro atoms. The summed E-state index contributed by atoms with van der Waals surface area (Å²) in [6.45, 7) is 6.31. The molecule has 10 heteroatoms. The number of carbonyl (C=O) groups excluding carboxylic acids is 3. The molecule has 1 saturated heterocycles. The number of urea groups is 1. The minimum atomic E-state index is -1.14. The molecular formula is C24H32N4O5S. The second-order valence-electron chi connectivity index (χ2n) is 9.55. The smallest absolute Gasteiger partial charge is 0.317 e. The third kappa shape index (κ3) is 5.34. The zero-order valence-electron chi connectivity index (χ0n) is 20.0. The summed E-state index contributed by atoms with van der Waals surface area (Å²) >= 11 is 1.24. The van der Waals surface area contributed by atoms with Crippen LogP contribution in [0.4, 0.5) is 14.6 Å². The van der Waals surface area contributed by atoms with Crippen molar-refractivity contribution < 1.29 is 28.7 Å². The molecule has 184 valence electrons. The highest BCUT2D eigenvalue weighted by molar-refractivity contribution is 7.20. The molecule has 0 aliphatic carbocycles. The summed E-state index contributed by atoms with van der Waals surface area (Å²) in [7, 11) is 1.58. The number of ether oxygens (including phenoxy) is 1. The van der Waals surface area contributed by atoms with E-state index in [9.17, 15) is 19.5 Å². The SMILES string of the molecule is COc1ccc(-c2cc(C(=O)N[C@H]3CCCC[N+](C(=O)[O-])(C(C)(C)C)C3)c(NC(N)=O)s2)cc1. The molecule has 3 rings (SSSR count). The number of hydrogen-bond donors (Lipinski definition) is 3. The van der Waals surface area contributed by atoms with Crippen molar-refractivity contribution in [3.8, 4) is 16.2 Å². The molecule has 1 aromatic heterocycles. The van der Waals surface area contributed by atoms with Gasteiger partial charge in [0.1, 0.15) is 17.3 Å². The number of likely N-dealkylation sites (tertiary alicyclic amines) is 1. The van der Waals surface area contributed by atoms with Gasteiger partial charge in [-0.3, -0.25) is 14.6 Å². The number of anilines is 1. The number of nitrogens with two attached hydrogens (primary N) is 1. The summed E-state index contributed by atoms with van der Waals surface area (Å²) in [4.78, 5) is 37.9. The number of hydrogen-bond acceptors (Lipinski definition) is 6. The van der Waals surface area contributed by atoms with Gasteiger partial charge in [-0.05, 0) is 75.9 Å². The Morgan fingerprint density at radius 2 is 1.85 bits per heavy atom. The summed E-state index contributed by atoms with van der Waals surface area (Å²) < 4.78 is 4.96. The number of amides is 4. The van der Waals surface area contributed by atoms with Crippen LogP contribution in [0.5, 0.6) is 5.75 Å². The van der Waals surface area contributed by atoms with Crippen molar-refractivity contribution in [2.75, 3.05) is 25.5 Å². The van der Waals surface area contributed by atoms with Gasteiger partial charge in [0.05, 0.1) is 30.8 Å². The lowest BCUT2D eigenvalue weighted by Crippen LogP contribution is -2.70. The first kappa shape index (κ1) is 25.5. The van der Waals surface area contributed by atoms with Gasteiger partial charge < -0.3 is 25.7 Å². The van der Waals surface area contributed by atoms with Crippen LogP contribution < -0.4 is 26.2 Å². The van der Waals surface area contributed by atoms with Gasteiger partial charge in [0.2, 0.25) is 0 Å². The van der Waals surface area contributed by atoms with Crippen LogP contribution in [0.2, 0.25) is 0 Å². The quantitative estimate of drug-likeness (QED) is 0.556. The standard InChI is InChI=1S/C24H32N4O5S/c1-24(2,3)28(23(31)32)12-6-5-7-16(14-28)26-20(29)18-13-19(34-21(18)27-22(25)30)15-8-10-17(33-4)11-9-15/h8-11,13,16H,5-7,12,14H2,1-4H3,(H4-,25,26,27,29,30,31,32)/t16-,28?/m0/s1. The lowest BCUT2D eigenvalue weighted by atomic mass is 10.0. The lowest BCUT2D eigenvalue weighted by molar-refractivity contribution is -0.919. The van der Waals surface area contributed by atoms with Gasteiger partial charge in [-0.15, -0.1) is 11.3 Å².